The van der Waals surface area contributed by atoms with Crippen molar-refractivity contribution < 1.29 is 14.3 Å². The van der Waals surface area contributed by atoms with Gasteiger partial charge in [0.05, 0.1) is 19.6 Å². The lowest BCUT2D eigenvalue weighted by atomic mass is 9.94. The number of benzene rings is 1. The Bertz CT molecular complexity index is 1050. The van der Waals surface area contributed by atoms with Crippen molar-refractivity contribution in [1.82, 2.24) is 15.2 Å². The maximum atomic E-state index is 13.1. The van der Waals surface area contributed by atoms with Crippen molar-refractivity contribution in [2.24, 2.45) is 5.92 Å². The molecule has 36 heavy (non-hydrogen) atoms. The van der Waals surface area contributed by atoms with Crippen LogP contribution in [0.1, 0.15) is 55.0 Å². The molecular weight excluding hydrogens is 499 g/mol. The predicted octanol–water partition coefficient (Wildman–Crippen LogP) is 4.81. The highest BCUT2D eigenvalue weighted by atomic mass is 35.5. The molecule has 194 valence electrons. The third-order valence-corrected chi connectivity index (χ3v) is 7.46. The monoisotopic (exact) mass is 532 g/mol. The number of ether oxygens (including phenoxy) is 1. The number of aryl methyl sites for hydroxylation is 2. The summed E-state index contributed by atoms with van der Waals surface area (Å²) in [6.45, 7) is 3.75. The molecule has 1 atom stereocenters. The molecule has 1 aromatic carbocycles. The highest BCUT2D eigenvalue weighted by molar-refractivity contribution is 6.34. The van der Waals surface area contributed by atoms with Gasteiger partial charge >= 0.3 is 5.97 Å². The Morgan fingerprint density at radius 3 is 2.67 bits per heavy atom. The summed E-state index contributed by atoms with van der Waals surface area (Å²) in [4.78, 5) is 32.3. The van der Waals surface area contributed by atoms with E-state index in [1.165, 1.54) is 19.1 Å². The van der Waals surface area contributed by atoms with E-state index in [1.807, 2.05) is 0 Å². The number of hydrogen-bond donors (Lipinski definition) is 2. The Morgan fingerprint density at radius 1 is 1.19 bits per heavy atom. The summed E-state index contributed by atoms with van der Waals surface area (Å²) in [5.74, 6) is 0.501. The van der Waals surface area contributed by atoms with Crippen LogP contribution in [-0.4, -0.2) is 55.0 Å². The van der Waals surface area contributed by atoms with E-state index < -0.39 is 12.0 Å². The standard InChI is InChI=1S/C27H34Cl2N4O3/c1-36-25(34)17-24(20-14-21(28)16-22(29)15-20)32-27(35)19-8-12-33(13-9-19)11-3-5-23-7-6-18-4-2-10-30-26(18)31-23/h6-7,14-16,19,24H,2-5,8-13,17H2,1H3,(H,30,31)(H,32,35)/t24-/m0/s1. The zero-order valence-electron chi connectivity index (χ0n) is 20.7. The summed E-state index contributed by atoms with van der Waals surface area (Å²) in [7, 11) is 1.33. The van der Waals surface area contributed by atoms with E-state index in [2.05, 4.69) is 27.7 Å². The second kappa shape index (κ2) is 12.7. The molecule has 1 saturated heterocycles. The minimum atomic E-state index is -0.544. The van der Waals surface area contributed by atoms with Crippen LogP contribution in [0.5, 0.6) is 0 Å². The first-order valence-corrected chi connectivity index (χ1v) is 13.4. The number of amides is 1. The number of carbonyl (C=O) groups is 2. The van der Waals surface area contributed by atoms with Crippen molar-refractivity contribution in [3.05, 3.63) is 57.2 Å². The van der Waals surface area contributed by atoms with Gasteiger partial charge in [-0.05, 0) is 93.6 Å². The van der Waals surface area contributed by atoms with Gasteiger partial charge in [-0.2, -0.15) is 0 Å². The average Bonchev–Trinajstić information content (AvgIpc) is 2.88. The SMILES string of the molecule is COC(=O)C[C@H](NC(=O)C1CCN(CCCc2ccc3c(n2)NCCC3)CC1)c1cc(Cl)cc(Cl)c1. The zero-order chi connectivity index (χ0) is 25.5. The first-order valence-electron chi connectivity index (χ1n) is 12.7. The summed E-state index contributed by atoms with van der Waals surface area (Å²) < 4.78 is 4.83. The molecule has 2 N–H and O–H groups in total. The van der Waals surface area contributed by atoms with Gasteiger partial charge in [-0.1, -0.05) is 29.3 Å². The van der Waals surface area contributed by atoms with Crippen LogP contribution in [0.4, 0.5) is 5.82 Å². The number of halogens is 2. The topological polar surface area (TPSA) is 83.6 Å². The number of aromatic nitrogens is 1. The Labute approximate surface area is 222 Å². The van der Waals surface area contributed by atoms with Crippen LogP contribution in [0.15, 0.2) is 30.3 Å². The van der Waals surface area contributed by atoms with Gasteiger partial charge in [0.25, 0.3) is 0 Å². The van der Waals surface area contributed by atoms with Gasteiger partial charge in [0.1, 0.15) is 5.82 Å². The lowest BCUT2D eigenvalue weighted by Crippen LogP contribution is -2.42. The Kier molecular flexibility index (Phi) is 9.46. The molecule has 7 nitrogen and oxygen atoms in total. The maximum absolute atomic E-state index is 13.1. The van der Waals surface area contributed by atoms with E-state index >= 15 is 0 Å². The van der Waals surface area contributed by atoms with Gasteiger partial charge in [-0.15, -0.1) is 0 Å². The second-order valence-corrected chi connectivity index (χ2v) is 10.5. The molecule has 1 aromatic heterocycles. The summed E-state index contributed by atoms with van der Waals surface area (Å²) in [5, 5.41) is 7.35. The molecule has 0 unspecified atom stereocenters. The summed E-state index contributed by atoms with van der Waals surface area (Å²) >= 11 is 12.3. The van der Waals surface area contributed by atoms with E-state index in [9.17, 15) is 9.59 Å². The lowest BCUT2D eigenvalue weighted by molar-refractivity contribution is -0.141. The predicted molar refractivity (Wildman–Crippen MR) is 143 cm³/mol. The fourth-order valence-corrected chi connectivity index (χ4v) is 5.52. The zero-order valence-corrected chi connectivity index (χ0v) is 22.2. The van der Waals surface area contributed by atoms with Gasteiger partial charge in [-0.3, -0.25) is 9.59 Å². The number of pyridine rings is 1. The van der Waals surface area contributed by atoms with E-state index in [4.69, 9.17) is 32.9 Å². The molecule has 0 aliphatic carbocycles. The molecule has 3 heterocycles. The van der Waals surface area contributed by atoms with Crippen molar-refractivity contribution in [2.75, 3.05) is 38.6 Å². The molecule has 4 rings (SSSR count). The molecule has 1 fully saturated rings. The number of carbonyl (C=O) groups excluding carboxylic acids is 2. The molecule has 0 saturated carbocycles. The summed E-state index contributed by atoms with van der Waals surface area (Å²) in [6.07, 6.45) is 5.86. The van der Waals surface area contributed by atoms with Gasteiger partial charge in [0, 0.05) is 28.2 Å². The number of nitrogens with one attached hydrogen (secondary N) is 2. The van der Waals surface area contributed by atoms with Crippen molar-refractivity contribution in [2.45, 2.75) is 51.0 Å². The van der Waals surface area contributed by atoms with Crippen LogP contribution in [-0.2, 0) is 27.2 Å². The van der Waals surface area contributed by atoms with Crippen molar-refractivity contribution in [3.63, 3.8) is 0 Å². The normalized spacial score (nSPS) is 17.1. The first kappa shape index (κ1) is 26.7. The minimum absolute atomic E-state index is 0.0179. The van der Waals surface area contributed by atoms with E-state index in [-0.39, 0.29) is 18.2 Å². The lowest BCUT2D eigenvalue weighted by Gasteiger charge is -2.32. The summed E-state index contributed by atoms with van der Waals surface area (Å²) in [6, 6.07) is 8.88. The number of anilines is 1. The Hall–Kier alpha value is -2.35. The molecule has 0 spiro atoms. The van der Waals surface area contributed by atoms with Crippen LogP contribution in [0.3, 0.4) is 0 Å². The van der Waals surface area contributed by atoms with Crippen molar-refractivity contribution >= 4 is 40.9 Å². The second-order valence-electron chi connectivity index (χ2n) is 9.60. The van der Waals surface area contributed by atoms with Gasteiger partial charge < -0.3 is 20.3 Å². The number of esters is 1. The highest BCUT2D eigenvalue weighted by Gasteiger charge is 2.28. The molecular formula is C27H34Cl2N4O3. The maximum Gasteiger partial charge on any atom is 0.307 e. The number of fused-ring (bicyclic) bond motifs is 1. The highest BCUT2D eigenvalue weighted by Crippen LogP contribution is 2.27. The fraction of sp³-hybridized carbons (Fsp3) is 0.519. The van der Waals surface area contributed by atoms with E-state index in [0.717, 1.165) is 69.8 Å². The largest absolute Gasteiger partial charge is 0.469 e. The number of hydrogen-bond acceptors (Lipinski definition) is 6. The number of nitrogens with zero attached hydrogens (tertiary/aromatic N) is 2. The molecule has 2 aliphatic rings. The van der Waals surface area contributed by atoms with Crippen LogP contribution >= 0.6 is 23.2 Å². The van der Waals surface area contributed by atoms with Crippen LogP contribution in [0, 0.1) is 5.92 Å². The molecule has 2 aromatic rings. The smallest absolute Gasteiger partial charge is 0.307 e. The third-order valence-electron chi connectivity index (χ3n) is 7.02. The van der Waals surface area contributed by atoms with Gasteiger partial charge in [0.15, 0.2) is 0 Å². The number of piperidine rings is 1. The molecule has 0 radical (unpaired) electrons. The molecule has 9 heteroatoms. The van der Waals surface area contributed by atoms with E-state index in [1.54, 1.807) is 18.2 Å². The van der Waals surface area contributed by atoms with Crippen LogP contribution in [0.25, 0.3) is 0 Å². The van der Waals surface area contributed by atoms with Gasteiger partial charge in [-0.25, -0.2) is 4.98 Å². The van der Waals surface area contributed by atoms with E-state index in [0.29, 0.717) is 15.6 Å². The Balaban J connectivity index is 1.25. The average molecular weight is 534 g/mol. The number of likely N-dealkylation sites (tertiary alicyclic amines) is 1. The Morgan fingerprint density at radius 2 is 1.94 bits per heavy atom. The third kappa shape index (κ3) is 7.34. The summed E-state index contributed by atoms with van der Waals surface area (Å²) in [5.41, 5.74) is 3.14. The van der Waals surface area contributed by atoms with Crippen molar-refractivity contribution in [3.8, 4) is 0 Å². The minimum Gasteiger partial charge on any atom is -0.469 e. The number of rotatable bonds is 9. The first-order chi connectivity index (χ1) is 17.4. The van der Waals surface area contributed by atoms with Crippen LogP contribution in [0.2, 0.25) is 10.0 Å². The van der Waals surface area contributed by atoms with Gasteiger partial charge in [0.2, 0.25) is 5.91 Å². The quantitative estimate of drug-likeness (QED) is 0.450. The molecule has 1 amide bonds. The van der Waals surface area contributed by atoms with Crippen molar-refractivity contribution in [1.29, 1.82) is 0 Å². The number of methoxy groups -OCH3 is 1. The van der Waals surface area contributed by atoms with Crippen LogP contribution < -0.4 is 10.6 Å². The fourth-order valence-electron chi connectivity index (χ4n) is 4.98. The molecule has 0 bridgehead atoms. The molecule has 2 aliphatic heterocycles.